The predicted octanol–water partition coefficient (Wildman–Crippen LogP) is 1.88. The van der Waals surface area contributed by atoms with E-state index in [9.17, 15) is 9.59 Å². The largest absolute Gasteiger partial charge is 0.481 e. The van der Waals surface area contributed by atoms with E-state index in [1.165, 1.54) is 25.7 Å². The van der Waals surface area contributed by atoms with Crippen LogP contribution < -0.4 is 11.1 Å². The van der Waals surface area contributed by atoms with Crippen molar-refractivity contribution in [3.63, 3.8) is 0 Å². The zero-order valence-electron chi connectivity index (χ0n) is 12.8. The third kappa shape index (κ3) is 4.30. The molecule has 0 aliphatic heterocycles. The fraction of sp³-hybridized carbons (Fsp3) is 0.750. The van der Waals surface area contributed by atoms with E-state index in [1.807, 2.05) is 0 Å². The van der Waals surface area contributed by atoms with E-state index < -0.39 is 12.0 Å². The Morgan fingerprint density at radius 3 is 2.29 bits per heavy atom. The first-order chi connectivity index (χ1) is 9.88. The summed E-state index contributed by atoms with van der Waals surface area (Å²) in [7, 11) is 0. The van der Waals surface area contributed by atoms with Crippen molar-refractivity contribution >= 4 is 11.9 Å². The summed E-state index contributed by atoms with van der Waals surface area (Å²) in [5, 5.41) is 11.7. The second-order valence-electron chi connectivity index (χ2n) is 6.71. The molecule has 21 heavy (non-hydrogen) atoms. The van der Waals surface area contributed by atoms with Crippen molar-refractivity contribution in [1.29, 1.82) is 0 Å². The number of carbonyl (C=O) groups is 2. The molecule has 118 valence electrons. The van der Waals surface area contributed by atoms with E-state index in [1.54, 1.807) is 0 Å². The third-order valence-corrected chi connectivity index (χ3v) is 4.70. The smallest absolute Gasteiger partial charge is 0.305 e. The quantitative estimate of drug-likeness (QED) is 0.697. The second kappa shape index (κ2) is 6.60. The van der Waals surface area contributed by atoms with Gasteiger partial charge >= 0.3 is 5.97 Å². The van der Waals surface area contributed by atoms with Gasteiger partial charge in [-0.1, -0.05) is 19.9 Å². The first-order valence-electron chi connectivity index (χ1n) is 7.88. The molecule has 0 heterocycles. The van der Waals surface area contributed by atoms with Crippen molar-refractivity contribution in [3.05, 3.63) is 11.8 Å². The summed E-state index contributed by atoms with van der Waals surface area (Å²) in [6, 6.07) is -0.989. The van der Waals surface area contributed by atoms with Gasteiger partial charge < -0.3 is 16.2 Å². The fourth-order valence-corrected chi connectivity index (χ4v) is 3.33. The summed E-state index contributed by atoms with van der Waals surface area (Å²) in [4.78, 5) is 22.8. The van der Waals surface area contributed by atoms with Crippen molar-refractivity contribution in [1.82, 2.24) is 5.32 Å². The highest BCUT2D eigenvalue weighted by molar-refractivity contribution is 5.87. The molecule has 5 heteroatoms. The van der Waals surface area contributed by atoms with Crippen LogP contribution in [0.4, 0.5) is 0 Å². The topological polar surface area (TPSA) is 92.4 Å². The molecule has 1 amide bonds. The van der Waals surface area contributed by atoms with Crippen LogP contribution in [0, 0.1) is 23.7 Å². The highest BCUT2D eigenvalue weighted by atomic mass is 16.4. The minimum Gasteiger partial charge on any atom is -0.481 e. The molecule has 0 spiro atoms. The van der Waals surface area contributed by atoms with E-state index in [4.69, 9.17) is 10.8 Å². The van der Waals surface area contributed by atoms with Gasteiger partial charge in [-0.2, -0.15) is 0 Å². The van der Waals surface area contributed by atoms with Crippen LogP contribution in [0.15, 0.2) is 11.8 Å². The Morgan fingerprint density at radius 1 is 1.24 bits per heavy atom. The number of amides is 1. The number of carboxylic acid groups (broad SMARTS) is 1. The lowest BCUT2D eigenvalue weighted by molar-refractivity contribution is -0.139. The normalized spacial score (nSPS) is 31.0. The van der Waals surface area contributed by atoms with Crippen LogP contribution in [0.25, 0.3) is 0 Å². The van der Waals surface area contributed by atoms with Crippen molar-refractivity contribution in [3.8, 4) is 0 Å². The molecule has 2 aliphatic rings. The molecule has 2 rings (SSSR count). The van der Waals surface area contributed by atoms with Gasteiger partial charge in [-0.25, -0.2) is 0 Å². The molecule has 0 aromatic heterocycles. The number of aliphatic carboxylic acids is 1. The molecule has 0 bridgehead atoms. The molecule has 0 aromatic carbocycles. The number of carboxylic acids is 1. The molecular weight excluding hydrogens is 268 g/mol. The Balaban J connectivity index is 2.07. The molecule has 2 aliphatic carbocycles. The van der Waals surface area contributed by atoms with Crippen molar-refractivity contribution in [2.24, 2.45) is 29.4 Å². The lowest BCUT2D eigenvalue weighted by Crippen LogP contribution is -2.43. The first-order valence-corrected chi connectivity index (χ1v) is 7.88. The summed E-state index contributed by atoms with van der Waals surface area (Å²) in [6.45, 7) is 4.44. The zero-order chi connectivity index (χ0) is 15.6. The molecule has 2 saturated carbocycles. The highest BCUT2D eigenvalue weighted by Gasteiger charge is 2.35. The van der Waals surface area contributed by atoms with E-state index in [0.717, 1.165) is 5.70 Å². The first kappa shape index (κ1) is 16.0. The zero-order valence-corrected chi connectivity index (χ0v) is 12.8. The van der Waals surface area contributed by atoms with Crippen LogP contribution in [-0.4, -0.2) is 23.0 Å². The van der Waals surface area contributed by atoms with Crippen molar-refractivity contribution < 1.29 is 14.7 Å². The summed E-state index contributed by atoms with van der Waals surface area (Å²) in [6.07, 6.45) is 6.54. The average molecular weight is 294 g/mol. The Hall–Kier alpha value is -1.36. The Bertz CT molecular complexity index is 433. The summed E-state index contributed by atoms with van der Waals surface area (Å²) < 4.78 is 0. The molecule has 2 unspecified atom stereocenters. The highest BCUT2D eigenvalue weighted by Crippen LogP contribution is 2.42. The van der Waals surface area contributed by atoms with Gasteiger partial charge in [0.15, 0.2) is 0 Å². The maximum Gasteiger partial charge on any atom is 0.305 e. The summed E-state index contributed by atoms with van der Waals surface area (Å²) >= 11 is 0. The molecule has 0 aromatic rings. The van der Waals surface area contributed by atoms with E-state index in [-0.39, 0.29) is 12.3 Å². The number of carbonyl (C=O) groups excluding carboxylic acids is 1. The van der Waals surface area contributed by atoms with Crippen molar-refractivity contribution in [2.45, 2.75) is 52.0 Å². The van der Waals surface area contributed by atoms with Crippen LogP contribution in [0.1, 0.15) is 46.0 Å². The lowest BCUT2D eigenvalue weighted by atomic mass is 9.87. The van der Waals surface area contributed by atoms with Crippen LogP contribution in [0.5, 0.6) is 0 Å². The Morgan fingerprint density at radius 2 is 1.81 bits per heavy atom. The van der Waals surface area contributed by atoms with E-state index in [0.29, 0.717) is 23.7 Å². The number of allylic oxidation sites excluding steroid dienone is 2. The van der Waals surface area contributed by atoms with Gasteiger partial charge in [0.2, 0.25) is 5.91 Å². The number of hydrogen-bond donors (Lipinski definition) is 3. The van der Waals surface area contributed by atoms with Gasteiger partial charge in [-0.15, -0.1) is 0 Å². The summed E-state index contributed by atoms with van der Waals surface area (Å²) in [5.74, 6) is 0.577. The molecular formula is C16H26N2O3. The third-order valence-electron chi connectivity index (χ3n) is 4.70. The molecule has 4 N–H and O–H groups in total. The van der Waals surface area contributed by atoms with Crippen molar-refractivity contribution in [2.75, 3.05) is 0 Å². The second-order valence-corrected chi connectivity index (χ2v) is 6.71. The van der Waals surface area contributed by atoms with E-state index >= 15 is 0 Å². The fourth-order valence-electron chi connectivity index (χ4n) is 3.33. The maximum absolute atomic E-state index is 12.1. The minimum atomic E-state index is -1.05. The summed E-state index contributed by atoms with van der Waals surface area (Å²) in [5.41, 5.74) is 6.63. The van der Waals surface area contributed by atoms with Gasteiger partial charge in [0.05, 0.1) is 12.5 Å². The number of hydrogen-bond acceptors (Lipinski definition) is 3. The van der Waals surface area contributed by atoms with Gasteiger partial charge in [0.1, 0.15) is 0 Å². The SMILES string of the molecule is CC1CCC(C)C1C(=CC1CC1)NC(=O)[C@@H](N)CC(=O)O. The number of rotatable bonds is 6. The van der Waals surface area contributed by atoms with Crippen LogP contribution in [0.2, 0.25) is 0 Å². The van der Waals surface area contributed by atoms with E-state index in [2.05, 4.69) is 25.2 Å². The lowest BCUT2D eigenvalue weighted by Gasteiger charge is -2.25. The van der Waals surface area contributed by atoms with Gasteiger partial charge in [0.25, 0.3) is 0 Å². The van der Waals surface area contributed by atoms with Crippen LogP contribution in [0.3, 0.4) is 0 Å². The Labute approximate surface area is 126 Å². The molecule has 5 nitrogen and oxygen atoms in total. The monoisotopic (exact) mass is 294 g/mol. The van der Waals surface area contributed by atoms with Gasteiger partial charge in [0, 0.05) is 11.6 Å². The van der Waals surface area contributed by atoms with Crippen LogP contribution in [-0.2, 0) is 9.59 Å². The standard InChI is InChI=1S/C16H26N2O3/c1-9-3-4-10(2)15(9)13(7-11-5-6-11)18-16(21)12(17)8-14(19)20/h7,9-12,15H,3-6,8,17H2,1-2H3,(H,18,21)(H,19,20)/t9?,10?,12-,15?/m0/s1. The average Bonchev–Trinajstić information content (AvgIpc) is 3.13. The minimum absolute atomic E-state index is 0.335. The number of nitrogens with one attached hydrogen (secondary N) is 1. The van der Waals surface area contributed by atoms with Crippen LogP contribution >= 0.6 is 0 Å². The Kier molecular flexibility index (Phi) is 5.04. The maximum atomic E-state index is 12.1. The molecule has 0 radical (unpaired) electrons. The predicted molar refractivity (Wildman–Crippen MR) is 80.2 cm³/mol. The van der Waals surface area contributed by atoms with Gasteiger partial charge in [-0.3, -0.25) is 9.59 Å². The number of nitrogens with two attached hydrogens (primary N) is 1. The molecule has 2 fully saturated rings. The molecule has 0 saturated heterocycles. The van der Waals surface area contributed by atoms with Gasteiger partial charge in [-0.05, 0) is 43.4 Å². The molecule has 3 atom stereocenters.